The number of hydrogen-bond donors (Lipinski definition) is 1. The fraction of sp³-hybridized carbons (Fsp3) is 0.125. The molecule has 0 radical (unpaired) electrons. The molecule has 1 saturated heterocycles. The van der Waals surface area contributed by atoms with Gasteiger partial charge < -0.3 is 5.32 Å². The van der Waals surface area contributed by atoms with Crippen LogP contribution in [0.25, 0.3) is 6.08 Å². The molecule has 0 spiro atoms. The summed E-state index contributed by atoms with van der Waals surface area (Å²) in [5.41, 5.74) is 0.759. The monoisotopic (exact) mass is 225 g/mol. The van der Waals surface area contributed by atoms with E-state index in [4.69, 9.17) is 12.2 Å². The van der Waals surface area contributed by atoms with Crippen molar-refractivity contribution >= 4 is 40.3 Å². The number of thiocarbonyl (C=S) groups is 1. The zero-order valence-corrected chi connectivity index (χ0v) is 8.98. The smallest absolute Gasteiger partial charge is 0.263 e. The molecular formula is C8H7N3OS2. The number of aryl methyl sites for hydroxylation is 1. The predicted octanol–water partition coefficient (Wildman–Crippen LogP) is 0.909. The number of nitrogens with zero attached hydrogens (tertiary/aromatic N) is 2. The number of amides is 1. The normalized spacial score (nSPS) is 19.1. The highest BCUT2D eigenvalue weighted by Gasteiger charge is 2.22. The van der Waals surface area contributed by atoms with E-state index in [0.717, 1.165) is 5.69 Å². The third kappa shape index (κ3) is 1.85. The zero-order chi connectivity index (χ0) is 10.1. The SMILES string of the molecule is Cn1ccc(/C=C2\SC(=S)NC2=O)n1. The van der Waals surface area contributed by atoms with Gasteiger partial charge in [-0.2, -0.15) is 5.10 Å². The van der Waals surface area contributed by atoms with Crippen LogP contribution in [0.5, 0.6) is 0 Å². The molecule has 2 heterocycles. The van der Waals surface area contributed by atoms with Crippen molar-refractivity contribution in [1.82, 2.24) is 15.1 Å². The molecule has 4 nitrogen and oxygen atoms in total. The lowest BCUT2D eigenvalue weighted by molar-refractivity contribution is -0.115. The summed E-state index contributed by atoms with van der Waals surface area (Å²) >= 11 is 6.12. The first-order valence-corrected chi connectivity index (χ1v) is 5.12. The maximum atomic E-state index is 11.3. The topological polar surface area (TPSA) is 46.9 Å². The molecule has 1 aromatic heterocycles. The van der Waals surface area contributed by atoms with Gasteiger partial charge in [0.2, 0.25) is 0 Å². The minimum Gasteiger partial charge on any atom is -0.307 e. The fourth-order valence-corrected chi connectivity index (χ4v) is 2.09. The van der Waals surface area contributed by atoms with Crippen molar-refractivity contribution in [3.05, 3.63) is 22.9 Å². The molecular weight excluding hydrogens is 218 g/mol. The molecule has 1 fully saturated rings. The molecule has 2 rings (SSSR count). The third-order valence-corrected chi connectivity index (χ3v) is 2.82. The average molecular weight is 225 g/mol. The Morgan fingerprint density at radius 2 is 2.50 bits per heavy atom. The van der Waals surface area contributed by atoms with Crippen LogP contribution in [0.4, 0.5) is 0 Å². The lowest BCUT2D eigenvalue weighted by Gasteiger charge is -1.88. The maximum Gasteiger partial charge on any atom is 0.263 e. The molecule has 1 amide bonds. The van der Waals surface area contributed by atoms with Crippen LogP contribution in [0.15, 0.2) is 17.2 Å². The second kappa shape index (κ2) is 3.55. The second-order valence-corrected chi connectivity index (χ2v) is 4.49. The average Bonchev–Trinajstić information content (AvgIpc) is 2.61. The van der Waals surface area contributed by atoms with Gasteiger partial charge >= 0.3 is 0 Å². The Bertz CT molecular complexity index is 436. The molecule has 1 N–H and O–H groups in total. The van der Waals surface area contributed by atoms with Crippen molar-refractivity contribution in [2.24, 2.45) is 7.05 Å². The van der Waals surface area contributed by atoms with Crippen molar-refractivity contribution in [2.45, 2.75) is 0 Å². The second-order valence-electron chi connectivity index (χ2n) is 2.77. The number of carbonyl (C=O) groups excluding carboxylic acids is 1. The highest BCUT2D eigenvalue weighted by molar-refractivity contribution is 8.26. The van der Waals surface area contributed by atoms with Gasteiger partial charge in [0.15, 0.2) is 0 Å². The molecule has 1 aliphatic heterocycles. The van der Waals surface area contributed by atoms with Gasteiger partial charge in [0, 0.05) is 13.2 Å². The molecule has 72 valence electrons. The summed E-state index contributed by atoms with van der Waals surface area (Å²) in [6, 6.07) is 1.84. The standard InChI is InChI=1S/C8H7N3OS2/c1-11-3-2-5(10-11)4-6-7(12)9-8(13)14-6/h2-4H,1H3,(H,9,12,13)/b6-4-. The van der Waals surface area contributed by atoms with Crippen LogP contribution in [0.1, 0.15) is 5.69 Å². The van der Waals surface area contributed by atoms with Crippen LogP contribution in [-0.2, 0) is 11.8 Å². The molecule has 0 bridgehead atoms. The molecule has 14 heavy (non-hydrogen) atoms. The Hall–Kier alpha value is -1.14. The summed E-state index contributed by atoms with van der Waals surface area (Å²) in [4.78, 5) is 11.9. The van der Waals surface area contributed by atoms with E-state index < -0.39 is 0 Å². The van der Waals surface area contributed by atoms with Crippen LogP contribution < -0.4 is 5.32 Å². The summed E-state index contributed by atoms with van der Waals surface area (Å²) in [6.07, 6.45) is 3.54. The molecule has 0 unspecified atom stereocenters. The van der Waals surface area contributed by atoms with E-state index in [0.29, 0.717) is 9.23 Å². The molecule has 6 heteroatoms. The Morgan fingerprint density at radius 1 is 1.71 bits per heavy atom. The summed E-state index contributed by atoms with van der Waals surface area (Å²) in [5, 5.41) is 6.68. The van der Waals surface area contributed by atoms with Crippen molar-refractivity contribution in [2.75, 3.05) is 0 Å². The van der Waals surface area contributed by atoms with Gasteiger partial charge in [-0.1, -0.05) is 24.0 Å². The number of aromatic nitrogens is 2. The molecule has 0 aromatic carbocycles. The maximum absolute atomic E-state index is 11.3. The first-order valence-electron chi connectivity index (χ1n) is 3.89. The Balaban J connectivity index is 2.27. The summed E-state index contributed by atoms with van der Waals surface area (Å²) in [6.45, 7) is 0. The van der Waals surface area contributed by atoms with Gasteiger partial charge in [-0.05, 0) is 12.1 Å². The van der Waals surface area contributed by atoms with Crippen LogP contribution >= 0.6 is 24.0 Å². The first kappa shape index (κ1) is 9.42. The highest BCUT2D eigenvalue weighted by Crippen LogP contribution is 2.25. The van der Waals surface area contributed by atoms with Gasteiger partial charge in [0.25, 0.3) is 5.91 Å². The Morgan fingerprint density at radius 3 is 3.00 bits per heavy atom. The quantitative estimate of drug-likeness (QED) is 0.570. The molecule has 0 saturated carbocycles. The van der Waals surface area contributed by atoms with E-state index in [1.165, 1.54) is 11.8 Å². The lowest BCUT2D eigenvalue weighted by Crippen LogP contribution is -2.17. The lowest BCUT2D eigenvalue weighted by atomic mass is 10.4. The Kier molecular flexibility index (Phi) is 2.39. The van der Waals surface area contributed by atoms with Gasteiger partial charge in [0.05, 0.1) is 10.6 Å². The summed E-state index contributed by atoms with van der Waals surface area (Å²) in [5.74, 6) is -0.148. The number of hydrogen-bond acceptors (Lipinski definition) is 4. The number of carbonyl (C=O) groups is 1. The molecule has 1 aliphatic rings. The van der Waals surface area contributed by atoms with Crippen molar-refractivity contribution in [1.29, 1.82) is 0 Å². The van der Waals surface area contributed by atoms with Gasteiger partial charge in [-0.15, -0.1) is 0 Å². The van der Waals surface area contributed by atoms with Crippen LogP contribution in [0, 0.1) is 0 Å². The molecule has 0 atom stereocenters. The third-order valence-electron chi connectivity index (χ3n) is 1.66. The Labute approximate surface area is 90.4 Å². The number of thioether (sulfide) groups is 1. The van der Waals surface area contributed by atoms with Crippen molar-refractivity contribution in [3.63, 3.8) is 0 Å². The van der Waals surface area contributed by atoms with Crippen molar-refractivity contribution in [3.8, 4) is 0 Å². The van der Waals surface area contributed by atoms with E-state index in [1.807, 2.05) is 19.3 Å². The predicted molar refractivity (Wildman–Crippen MR) is 59.5 cm³/mol. The van der Waals surface area contributed by atoms with E-state index in [2.05, 4.69) is 10.4 Å². The first-order chi connectivity index (χ1) is 6.65. The zero-order valence-electron chi connectivity index (χ0n) is 7.35. The number of rotatable bonds is 1. The van der Waals surface area contributed by atoms with E-state index >= 15 is 0 Å². The van der Waals surface area contributed by atoms with Crippen molar-refractivity contribution < 1.29 is 4.79 Å². The van der Waals surface area contributed by atoms with Crippen LogP contribution in [0.2, 0.25) is 0 Å². The largest absolute Gasteiger partial charge is 0.307 e. The minimum absolute atomic E-state index is 0.148. The van der Waals surface area contributed by atoms with E-state index in [9.17, 15) is 4.79 Å². The van der Waals surface area contributed by atoms with Crippen LogP contribution in [-0.4, -0.2) is 20.0 Å². The van der Waals surface area contributed by atoms with Gasteiger partial charge in [-0.3, -0.25) is 9.48 Å². The highest BCUT2D eigenvalue weighted by atomic mass is 32.2. The van der Waals surface area contributed by atoms with E-state index in [1.54, 1.807) is 10.8 Å². The molecule has 1 aromatic rings. The molecule has 0 aliphatic carbocycles. The fourth-order valence-electron chi connectivity index (χ4n) is 1.07. The van der Waals surface area contributed by atoms with E-state index in [-0.39, 0.29) is 5.91 Å². The summed E-state index contributed by atoms with van der Waals surface area (Å²) in [7, 11) is 1.83. The summed E-state index contributed by atoms with van der Waals surface area (Å²) < 4.78 is 2.18. The number of nitrogens with one attached hydrogen (secondary N) is 1. The van der Waals surface area contributed by atoms with Gasteiger partial charge in [-0.25, -0.2) is 0 Å². The van der Waals surface area contributed by atoms with Crippen LogP contribution in [0.3, 0.4) is 0 Å². The minimum atomic E-state index is -0.148. The van der Waals surface area contributed by atoms with Gasteiger partial charge in [0.1, 0.15) is 4.32 Å².